The van der Waals surface area contributed by atoms with Crippen LogP contribution in [0.15, 0.2) is 12.5 Å². The fraction of sp³-hybridized carbons (Fsp3) is 0.576. The number of aliphatic hydroxyl groups is 1. The van der Waals surface area contributed by atoms with Crippen LogP contribution in [0.4, 0.5) is 5.82 Å². The van der Waals surface area contributed by atoms with Gasteiger partial charge in [0.1, 0.15) is 42.2 Å². The zero-order chi connectivity index (χ0) is 49.2. The molecular weight excluding hydrogens is 985 g/mol. The number of phosphoric acid groups is 3. The summed E-state index contributed by atoms with van der Waals surface area (Å²) in [6.45, 7) is 0.524. The number of aliphatic hydroxyl groups excluding tert-OH is 1. The monoisotopic (exact) mass is 1030 g/mol. The number of anilines is 1. The second kappa shape index (κ2) is 26.4. The fourth-order valence-electron chi connectivity index (χ4n) is 5.75. The SMILES string of the molecule is CC(=O)NC(CSSCCC(=O)NCC#Cc1cn([C@H]2C[C@@H](O)C(COP(=O)(O)OP(=O)(O)OP(=O)(O)O)O2)c2ncnc(N)c12)C(=O)NCCCCCC(=O)NC(CCC(=O)O)C(=O)O. The van der Waals surface area contributed by atoms with Gasteiger partial charge in [0.15, 0.2) is 0 Å². The van der Waals surface area contributed by atoms with Gasteiger partial charge in [0.05, 0.1) is 30.2 Å². The number of carbonyl (C=O) groups excluding carboxylic acids is 4. The minimum Gasteiger partial charge on any atom is -0.481 e. The van der Waals surface area contributed by atoms with Crippen molar-refractivity contribution in [1.82, 2.24) is 35.8 Å². The Bertz CT molecular complexity index is 2270. The maximum atomic E-state index is 12.8. The molecule has 368 valence electrons. The lowest BCUT2D eigenvalue weighted by Gasteiger charge is -2.19. The number of phosphoric ester groups is 1. The van der Waals surface area contributed by atoms with Crippen LogP contribution in [-0.4, -0.2) is 140 Å². The van der Waals surface area contributed by atoms with Crippen LogP contribution in [0.25, 0.3) is 11.0 Å². The van der Waals surface area contributed by atoms with Crippen LogP contribution in [0, 0.1) is 11.8 Å². The molecule has 1 fully saturated rings. The molecule has 2 aromatic rings. The summed E-state index contributed by atoms with van der Waals surface area (Å²) in [7, 11) is -14.3. The molecule has 3 heterocycles. The maximum Gasteiger partial charge on any atom is 0.490 e. The van der Waals surface area contributed by atoms with Crippen molar-refractivity contribution in [2.75, 3.05) is 36.9 Å². The van der Waals surface area contributed by atoms with Crippen LogP contribution in [0.2, 0.25) is 0 Å². The van der Waals surface area contributed by atoms with E-state index in [-0.39, 0.29) is 61.9 Å². The van der Waals surface area contributed by atoms with E-state index in [0.29, 0.717) is 36.0 Å². The number of aliphatic carboxylic acids is 2. The highest BCUT2D eigenvalue weighted by Crippen LogP contribution is 2.66. The number of nitrogen functional groups attached to an aromatic ring is 1. The van der Waals surface area contributed by atoms with E-state index >= 15 is 0 Å². The molecule has 13 N–H and O–H groups in total. The predicted octanol–water partition coefficient (Wildman–Crippen LogP) is -0.140. The van der Waals surface area contributed by atoms with Crippen molar-refractivity contribution in [3.05, 3.63) is 18.1 Å². The van der Waals surface area contributed by atoms with E-state index in [1.54, 1.807) is 0 Å². The number of amides is 4. The minimum absolute atomic E-state index is 0.0123. The first kappa shape index (κ1) is 56.2. The average Bonchev–Trinajstić information content (AvgIpc) is 3.76. The molecule has 2 aromatic heterocycles. The van der Waals surface area contributed by atoms with Gasteiger partial charge >= 0.3 is 35.4 Å². The number of nitrogens with zero attached hydrogens (tertiary/aromatic N) is 3. The van der Waals surface area contributed by atoms with Gasteiger partial charge in [-0.05, 0) is 19.3 Å². The third-order valence-electron chi connectivity index (χ3n) is 8.65. The van der Waals surface area contributed by atoms with Gasteiger partial charge < -0.3 is 71.2 Å². The molecular formula is C33H49N8O20P3S2. The number of carbonyl (C=O) groups is 6. The molecule has 3 rings (SSSR count). The highest BCUT2D eigenvalue weighted by atomic mass is 33.1. The van der Waals surface area contributed by atoms with Gasteiger partial charge in [-0.1, -0.05) is 39.8 Å². The first-order chi connectivity index (χ1) is 30.9. The molecule has 0 aromatic carbocycles. The van der Waals surface area contributed by atoms with Crippen molar-refractivity contribution in [2.45, 2.75) is 88.8 Å². The second-order valence-electron chi connectivity index (χ2n) is 13.9. The largest absolute Gasteiger partial charge is 0.490 e. The number of hydrogen-bond donors (Lipinski definition) is 12. The van der Waals surface area contributed by atoms with Crippen LogP contribution in [-0.2, 0) is 60.3 Å². The Morgan fingerprint density at radius 3 is 2.33 bits per heavy atom. The quantitative estimate of drug-likeness (QED) is 0.0228. The molecule has 0 bridgehead atoms. The highest BCUT2D eigenvalue weighted by Gasteiger charge is 2.43. The van der Waals surface area contributed by atoms with E-state index in [1.807, 2.05) is 0 Å². The van der Waals surface area contributed by atoms with Crippen LogP contribution in [0.3, 0.4) is 0 Å². The molecule has 33 heteroatoms. The molecule has 0 aliphatic carbocycles. The highest BCUT2D eigenvalue weighted by molar-refractivity contribution is 8.76. The summed E-state index contributed by atoms with van der Waals surface area (Å²) in [6, 6.07) is -2.18. The summed E-state index contributed by atoms with van der Waals surface area (Å²) in [5.74, 6) is 1.98. The standard InChI is InChI=1S/C33H49N8O20P3S2/c1-19(42)39-22(32(48)36-11-4-2-3-7-26(45)40-21(33(49)50)8-9-28(46)47)17-66-65-13-10-25(44)35-12-5-6-20-15-41(31-29(20)30(34)37-18-38-31)27-14-23(43)24(59-27)16-58-63(54,55)61-64(56,57)60-62(51,52)53/h15,18,21-24,27,43H,2-4,7-14,16-17H2,1H3,(H,35,44)(H,36,48)(H,39,42)(H,40,45)(H,46,47)(H,49,50)(H,54,55)(H,56,57)(H2,34,37,38)(H2,51,52,53)/t21?,22?,23-,24?,27-/m1/s1. The Labute approximate surface area is 383 Å². The smallest absolute Gasteiger partial charge is 0.481 e. The molecule has 66 heavy (non-hydrogen) atoms. The average molecular weight is 1030 g/mol. The fourth-order valence-corrected chi connectivity index (χ4v) is 10.9. The van der Waals surface area contributed by atoms with Crippen molar-refractivity contribution < 1.29 is 95.2 Å². The molecule has 28 nitrogen and oxygen atoms in total. The van der Waals surface area contributed by atoms with Gasteiger partial charge in [0, 0.05) is 56.9 Å². The van der Waals surface area contributed by atoms with Gasteiger partial charge in [-0.2, -0.15) is 8.62 Å². The zero-order valence-corrected chi connectivity index (χ0v) is 39.1. The van der Waals surface area contributed by atoms with Crippen LogP contribution in [0.1, 0.15) is 70.1 Å². The number of nitrogens with one attached hydrogen (secondary N) is 4. The van der Waals surface area contributed by atoms with E-state index in [0.717, 1.165) is 6.33 Å². The summed E-state index contributed by atoms with van der Waals surface area (Å²) < 4.78 is 53.8. The Kier molecular flexibility index (Phi) is 22.5. The van der Waals surface area contributed by atoms with Crippen molar-refractivity contribution in [2.24, 2.45) is 0 Å². The number of carboxylic acid groups (broad SMARTS) is 2. The summed E-state index contributed by atoms with van der Waals surface area (Å²) in [5, 5.41) is 39.1. The summed E-state index contributed by atoms with van der Waals surface area (Å²) in [4.78, 5) is 116. The van der Waals surface area contributed by atoms with Gasteiger partial charge in [-0.3, -0.25) is 28.5 Å². The second-order valence-corrected chi connectivity index (χ2v) is 21.0. The van der Waals surface area contributed by atoms with E-state index in [9.17, 15) is 57.4 Å². The third kappa shape index (κ3) is 20.4. The Morgan fingerprint density at radius 2 is 1.67 bits per heavy atom. The Morgan fingerprint density at radius 1 is 0.939 bits per heavy atom. The van der Waals surface area contributed by atoms with Crippen molar-refractivity contribution in [3.8, 4) is 11.8 Å². The normalized spacial score (nSPS) is 18.7. The number of unbranched alkanes of at least 4 members (excludes halogenated alkanes) is 2. The predicted molar refractivity (Wildman–Crippen MR) is 231 cm³/mol. The number of ether oxygens (including phenoxy) is 1. The van der Waals surface area contributed by atoms with Gasteiger partial charge in [-0.25, -0.2) is 28.5 Å². The lowest BCUT2D eigenvalue weighted by atomic mass is 10.1. The number of hydrogen-bond acceptors (Lipinski definition) is 19. The van der Waals surface area contributed by atoms with Crippen molar-refractivity contribution in [3.63, 3.8) is 0 Å². The summed E-state index contributed by atoms with van der Waals surface area (Å²) in [6.07, 6.45) is -0.318. The maximum absolute atomic E-state index is 12.8. The first-order valence-electron chi connectivity index (χ1n) is 19.4. The lowest BCUT2D eigenvalue weighted by Crippen LogP contribution is -2.47. The lowest BCUT2D eigenvalue weighted by molar-refractivity contribution is -0.143. The van der Waals surface area contributed by atoms with Crippen molar-refractivity contribution >= 4 is 97.5 Å². The number of fused-ring (bicyclic) bond motifs is 1. The molecule has 0 saturated carbocycles. The van der Waals surface area contributed by atoms with Crippen LogP contribution < -0.4 is 27.0 Å². The molecule has 1 saturated heterocycles. The van der Waals surface area contributed by atoms with Crippen LogP contribution in [0.5, 0.6) is 0 Å². The number of aromatic nitrogens is 3. The molecule has 1 aliphatic rings. The Hall–Kier alpha value is -4.17. The topological polar surface area (TPSA) is 437 Å². The minimum atomic E-state index is -5.77. The van der Waals surface area contributed by atoms with Gasteiger partial charge in [-0.15, -0.1) is 0 Å². The molecule has 1 aliphatic heterocycles. The third-order valence-corrected chi connectivity index (χ3v) is 14.9. The first-order valence-corrected chi connectivity index (χ1v) is 26.4. The molecule has 5 unspecified atom stereocenters. The van der Waals surface area contributed by atoms with Gasteiger partial charge in [0.25, 0.3) is 0 Å². The summed E-state index contributed by atoms with van der Waals surface area (Å²) in [5.41, 5.74) is 6.63. The molecule has 7 atom stereocenters. The van der Waals surface area contributed by atoms with E-state index in [2.05, 4.69) is 56.2 Å². The number of nitrogens with two attached hydrogens (primary N) is 1. The molecule has 0 radical (unpaired) electrons. The molecule has 4 amide bonds. The van der Waals surface area contributed by atoms with E-state index in [4.69, 9.17) is 30.5 Å². The van der Waals surface area contributed by atoms with Crippen molar-refractivity contribution in [1.29, 1.82) is 0 Å². The van der Waals surface area contributed by atoms with Crippen LogP contribution >= 0.6 is 45.1 Å². The van der Waals surface area contributed by atoms with Gasteiger partial charge in [0.2, 0.25) is 23.6 Å². The Balaban J connectivity index is 1.42. The van der Waals surface area contributed by atoms with E-state index < -0.39 is 96.7 Å². The zero-order valence-electron chi connectivity index (χ0n) is 34.7. The van der Waals surface area contributed by atoms with E-state index in [1.165, 1.54) is 39.3 Å². The molecule has 0 spiro atoms. The number of carboxylic acids is 2. The summed E-state index contributed by atoms with van der Waals surface area (Å²) >= 11 is 0. The number of rotatable bonds is 28.